The number of aromatic nitrogens is 2. The molecule has 2 N–H and O–H groups in total. The lowest BCUT2D eigenvalue weighted by Gasteiger charge is -2.07. The largest absolute Gasteiger partial charge is 0.392 e. The fourth-order valence-electron chi connectivity index (χ4n) is 1.41. The van der Waals surface area contributed by atoms with Crippen LogP contribution in [0.25, 0.3) is 0 Å². The number of rotatable bonds is 4. The van der Waals surface area contributed by atoms with Crippen LogP contribution in [0.3, 0.4) is 0 Å². The van der Waals surface area contributed by atoms with Crippen molar-refractivity contribution >= 4 is 17.3 Å². The normalized spacial score (nSPS) is 10.5. The minimum Gasteiger partial charge on any atom is -0.392 e. The van der Waals surface area contributed by atoms with Crippen LogP contribution in [0.1, 0.15) is 5.56 Å². The summed E-state index contributed by atoms with van der Waals surface area (Å²) in [6.45, 7) is 0.498. The van der Waals surface area contributed by atoms with Gasteiger partial charge >= 0.3 is 0 Å². The maximum absolute atomic E-state index is 11.7. The maximum atomic E-state index is 11.7. The average Bonchev–Trinajstić information content (AvgIpc) is 2.40. The summed E-state index contributed by atoms with van der Waals surface area (Å²) in [4.78, 5) is 15.5. The first-order valence-electron chi connectivity index (χ1n) is 5.30. The van der Waals surface area contributed by atoms with Gasteiger partial charge in [-0.2, -0.15) is 0 Å². The van der Waals surface area contributed by atoms with E-state index in [-0.39, 0.29) is 17.6 Å². The van der Waals surface area contributed by atoms with E-state index in [0.29, 0.717) is 6.61 Å². The Balaban J connectivity index is 1.99. The molecule has 0 unspecified atom stereocenters. The van der Waals surface area contributed by atoms with E-state index in [2.05, 4.69) is 4.98 Å². The van der Waals surface area contributed by atoms with Gasteiger partial charge in [-0.15, -0.1) is 0 Å². The first-order chi connectivity index (χ1) is 8.68. The second kappa shape index (κ2) is 5.66. The van der Waals surface area contributed by atoms with Gasteiger partial charge in [0.15, 0.2) is 5.15 Å². The van der Waals surface area contributed by atoms with Crippen molar-refractivity contribution in [3.8, 4) is 0 Å². The number of anilines is 1. The summed E-state index contributed by atoms with van der Waals surface area (Å²) in [5.74, 6) is 0. The van der Waals surface area contributed by atoms with Crippen molar-refractivity contribution in [1.29, 1.82) is 0 Å². The minimum absolute atomic E-state index is 0.0132. The summed E-state index contributed by atoms with van der Waals surface area (Å²) in [6.07, 6.45) is 1.31. The Bertz CT molecular complexity index is 584. The van der Waals surface area contributed by atoms with Gasteiger partial charge in [-0.3, -0.25) is 9.36 Å². The Morgan fingerprint density at radius 2 is 2.06 bits per heavy atom. The number of ether oxygens (including phenoxy) is 1. The second-order valence-electron chi connectivity index (χ2n) is 3.69. The molecule has 0 saturated heterocycles. The predicted octanol–water partition coefficient (Wildman–Crippen LogP) is 1.65. The third-order valence-electron chi connectivity index (χ3n) is 2.37. The van der Waals surface area contributed by atoms with Gasteiger partial charge in [0, 0.05) is 0 Å². The highest BCUT2D eigenvalue weighted by Gasteiger charge is 2.05. The van der Waals surface area contributed by atoms with Gasteiger partial charge in [-0.1, -0.05) is 41.9 Å². The molecule has 1 aromatic heterocycles. The molecule has 0 saturated carbocycles. The Morgan fingerprint density at radius 3 is 2.78 bits per heavy atom. The van der Waals surface area contributed by atoms with Crippen LogP contribution in [0.15, 0.2) is 41.5 Å². The summed E-state index contributed by atoms with van der Waals surface area (Å²) in [5, 5.41) is 0.0132. The van der Waals surface area contributed by atoms with Gasteiger partial charge in [-0.05, 0) is 5.56 Å². The standard InChI is InChI=1S/C12H12ClN3O2/c13-11-10(14)12(17)16(7-15-11)8-18-6-9-4-2-1-3-5-9/h1-5,7H,6,8,14H2. The molecule has 0 aliphatic heterocycles. The van der Waals surface area contributed by atoms with E-state index >= 15 is 0 Å². The van der Waals surface area contributed by atoms with Crippen LogP contribution < -0.4 is 11.3 Å². The van der Waals surface area contributed by atoms with Gasteiger partial charge in [0.05, 0.1) is 6.61 Å². The molecule has 0 aliphatic carbocycles. The molecule has 5 nitrogen and oxygen atoms in total. The SMILES string of the molecule is Nc1c(Cl)ncn(COCc2ccccc2)c1=O. The van der Waals surface area contributed by atoms with Crippen molar-refractivity contribution in [2.24, 2.45) is 0 Å². The first kappa shape index (κ1) is 12.6. The van der Waals surface area contributed by atoms with Crippen molar-refractivity contribution in [2.75, 3.05) is 5.73 Å². The fraction of sp³-hybridized carbons (Fsp3) is 0.167. The van der Waals surface area contributed by atoms with E-state index in [4.69, 9.17) is 22.1 Å². The smallest absolute Gasteiger partial charge is 0.279 e. The molecule has 0 fully saturated rings. The number of nitrogens with zero attached hydrogens (tertiary/aromatic N) is 2. The van der Waals surface area contributed by atoms with Crippen molar-refractivity contribution in [2.45, 2.75) is 13.3 Å². The summed E-state index contributed by atoms with van der Waals surface area (Å²) in [5.41, 5.74) is 6.04. The van der Waals surface area contributed by atoms with Crippen LogP contribution in [0, 0.1) is 0 Å². The van der Waals surface area contributed by atoms with Crippen LogP contribution in [-0.4, -0.2) is 9.55 Å². The van der Waals surface area contributed by atoms with Crippen molar-refractivity contribution in [3.05, 3.63) is 57.7 Å². The topological polar surface area (TPSA) is 70.1 Å². The lowest BCUT2D eigenvalue weighted by molar-refractivity contribution is 0.0612. The molecule has 0 spiro atoms. The number of benzene rings is 1. The monoisotopic (exact) mass is 265 g/mol. The average molecular weight is 266 g/mol. The third-order valence-corrected chi connectivity index (χ3v) is 2.67. The van der Waals surface area contributed by atoms with Crippen LogP contribution in [0.4, 0.5) is 5.69 Å². The highest BCUT2D eigenvalue weighted by atomic mass is 35.5. The highest BCUT2D eigenvalue weighted by Crippen LogP contribution is 2.08. The number of hydrogen-bond acceptors (Lipinski definition) is 4. The summed E-state index contributed by atoms with van der Waals surface area (Å²) < 4.78 is 6.67. The zero-order valence-corrected chi connectivity index (χ0v) is 10.3. The van der Waals surface area contributed by atoms with Crippen LogP contribution in [0.5, 0.6) is 0 Å². The molecule has 0 amide bonds. The molecule has 0 aliphatic rings. The predicted molar refractivity (Wildman–Crippen MR) is 69.2 cm³/mol. The summed E-state index contributed by atoms with van der Waals surface area (Å²) in [7, 11) is 0. The van der Waals surface area contributed by atoms with E-state index in [1.165, 1.54) is 10.9 Å². The maximum Gasteiger partial charge on any atom is 0.279 e. The van der Waals surface area contributed by atoms with Crippen LogP contribution >= 0.6 is 11.6 Å². The quantitative estimate of drug-likeness (QED) is 0.854. The van der Waals surface area contributed by atoms with E-state index in [9.17, 15) is 4.79 Å². The van der Waals surface area contributed by atoms with Crippen LogP contribution in [0.2, 0.25) is 5.15 Å². The van der Waals surface area contributed by atoms with E-state index in [0.717, 1.165) is 5.56 Å². The molecule has 2 rings (SSSR count). The molecule has 6 heteroatoms. The van der Waals surface area contributed by atoms with Gasteiger partial charge in [0.2, 0.25) is 0 Å². The summed E-state index contributed by atoms with van der Waals surface area (Å²) >= 11 is 5.63. The van der Waals surface area contributed by atoms with E-state index < -0.39 is 5.56 Å². The van der Waals surface area contributed by atoms with Gasteiger partial charge < -0.3 is 10.5 Å². The second-order valence-corrected chi connectivity index (χ2v) is 4.05. The number of nitrogen functional groups attached to an aromatic ring is 1. The fourth-order valence-corrected chi connectivity index (χ4v) is 1.54. The molecule has 1 aromatic carbocycles. The van der Waals surface area contributed by atoms with E-state index in [1.54, 1.807) is 0 Å². The molecule has 94 valence electrons. The zero-order chi connectivity index (χ0) is 13.0. The Kier molecular flexibility index (Phi) is 3.96. The number of halogens is 1. The molecule has 0 bridgehead atoms. The number of hydrogen-bond donors (Lipinski definition) is 1. The Labute approximate surface area is 109 Å². The first-order valence-corrected chi connectivity index (χ1v) is 5.68. The number of nitrogens with two attached hydrogens (primary N) is 1. The highest BCUT2D eigenvalue weighted by molar-refractivity contribution is 6.31. The van der Waals surface area contributed by atoms with E-state index in [1.807, 2.05) is 30.3 Å². The summed E-state index contributed by atoms with van der Waals surface area (Å²) in [6, 6.07) is 9.66. The zero-order valence-electron chi connectivity index (χ0n) is 9.54. The molecule has 0 atom stereocenters. The van der Waals surface area contributed by atoms with Crippen molar-refractivity contribution < 1.29 is 4.74 Å². The molecular formula is C12H12ClN3O2. The Morgan fingerprint density at radius 1 is 1.33 bits per heavy atom. The van der Waals surface area contributed by atoms with Crippen molar-refractivity contribution in [1.82, 2.24) is 9.55 Å². The van der Waals surface area contributed by atoms with Crippen molar-refractivity contribution in [3.63, 3.8) is 0 Å². The van der Waals surface area contributed by atoms with Gasteiger partial charge in [0.25, 0.3) is 5.56 Å². The Hall–Kier alpha value is -1.85. The lowest BCUT2D eigenvalue weighted by Crippen LogP contribution is -2.24. The molecule has 1 heterocycles. The molecule has 0 radical (unpaired) electrons. The lowest BCUT2D eigenvalue weighted by atomic mass is 10.2. The molecular weight excluding hydrogens is 254 g/mol. The molecule has 18 heavy (non-hydrogen) atoms. The van der Waals surface area contributed by atoms with Crippen LogP contribution in [-0.2, 0) is 18.1 Å². The molecule has 2 aromatic rings. The minimum atomic E-state index is -0.400. The third kappa shape index (κ3) is 2.88. The van der Waals surface area contributed by atoms with Gasteiger partial charge in [-0.25, -0.2) is 4.98 Å². The van der Waals surface area contributed by atoms with Gasteiger partial charge in [0.1, 0.15) is 18.7 Å².